The molecule has 0 aromatic heterocycles. The van der Waals surface area contributed by atoms with Crippen molar-refractivity contribution >= 4 is 29.4 Å². The largest absolute Gasteiger partial charge is 0.356 e. The summed E-state index contributed by atoms with van der Waals surface area (Å²) in [5, 5.41) is 6.00. The number of nitrogens with one attached hydrogen (secondary N) is 2. The zero-order valence-electron chi connectivity index (χ0n) is 14.5. The van der Waals surface area contributed by atoms with Crippen LogP contribution in [0.5, 0.6) is 0 Å². The molecule has 24 heavy (non-hydrogen) atoms. The van der Waals surface area contributed by atoms with Crippen molar-refractivity contribution in [3.05, 3.63) is 24.3 Å². The first-order chi connectivity index (χ1) is 11.6. The van der Waals surface area contributed by atoms with E-state index >= 15 is 0 Å². The molecule has 0 saturated carbocycles. The average Bonchev–Trinajstić information content (AvgIpc) is 2.61. The van der Waals surface area contributed by atoms with E-state index in [1.165, 1.54) is 0 Å². The molecule has 1 saturated heterocycles. The van der Waals surface area contributed by atoms with Crippen LogP contribution in [0.1, 0.15) is 32.6 Å². The number of nitrogens with zero attached hydrogens (tertiary/aromatic N) is 1. The van der Waals surface area contributed by atoms with Crippen molar-refractivity contribution in [2.24, 2.45) is 5.92 Å². The van der Waals surface area contributed by atoms with Gasteiger partial charge < -0.3 is 15.5 Å². The van der Waals surface area contributed by atoms with Crippen molar-refractivity contribution in [3.8, 4) is 0 Å². The third-order valence-corrected chi connectivity index (χ3v) is 5.02. The van der Waals surface area contributed by atoms with Gasteiger partial charge in [0, 0.05) is 31.0 Å². The minimum Gasteiger partial charge on any atom is -0.356 e. The number of benzene rings is 1. The molecule has 0 unspecified atom stereocenters. The molecule has 132 valence electrons. The van der Waals surface area contributed by atoms with Gasteiger partial charge in [0.2, 0.25) is 5.91 Å². The molecule has 3 amide bonds. The molecular weight excluding hydrogens is 322 g/mol. The molecule has 2 rings (SSSR count). The fourth-order valence-electron chi connectivity index (χ4n) is 2.93. The minimum absolute atomic E-state index is 0.0546. The quantitative estimate of drug-likeness (QED) is 0.772. The Morgan fingerprint density at radius 2 is 2.12 bits per heavy atom. The number of carbonyl (C=O) groups is 2. The first-order valence-electron chi connectivity index (χ1n) is 8.59. The van der Waals surface area contributed by atoms with Crippen LogP contribution in [-0.2, 0) is 4.79 Å². The van der Waals surface area contributed by atoms with Crippen LogP contribution in [0.3, 0.4) is 0 Å². The van der Waals surface area contributed by atoms with Gasteiger partial charge in [0.25, 0.3) is 0 Å². The predicted molar refractivity (Wildman–Crippen MR) is 99.5 cm³/mol. The van der Waals surface area contributed by atoms with Crippen molar-refractivity contribution in [1.82, 2.24) is 10.2 Å². The van der Waals surface area contributed by atoms with Crippen molar-refractivity contribution in [2.45, 2.75) is 37.5 Å². The second kappa shape index (κ2) is 9.57. The van der Waals surface area contributed by atoms with Crippen molar-refractivity contribution in [3.63, 3.8) is 0 Å². The Kier molecular flexibility index (Phi) is 7.43. The average molecular weight is 350 g/mol. The smallest absolute Gasteiger partial charge is 0.321 e. The van der Waals surface area contributed by atoms with Gasteiger partial charge in [0.1, 0.15) is 0 Å². The molecule has 0 radical (unpaired) electrons. The van der Waals surface area contributed by atoms with Crippen molar-refractivity contribution in [2.75, 3.05) is 31.2 Å². The predicted octanol–water partition coefficient (Wildman–Crippen LogP) is 3.57. The van der Waals surface area contributed by atoms with Crippen LogP contribution >= 0.6 is 11.8 Å². The Hall–Kier alpha value is -1.69. The van der Waals surface area contributed by atoms with E-state index in [0.29, 0.717) is 25.4 Å². The number of urea groups is 1. The van der Waals surface area contributed by atoms with E-state index in [0.717, 1.165) is 36.4 Å². The first kappa shape index (κ1) is 18.6. The molecule has 0 spiro atoms. The van der Waals surface area contributed by atoms with Gasteiger partial charge in [-0.25, -0.2) is 4.79 Å². The summed E-state index contributed by atoms with van der Waals surface area (Å²) in [4.78, 5) is 27.1. The number of para-hydroxylation sites is 1. The molecule has 1 aromatic carbocycles. The summed E-state index contributed by atoms with van der Waals surface area (Å²) in [5.41, 5.74) is 0.855. The zero-order chi connectivity index (χ0) is 17.4. The number of likely N-dealkylation sites (tertiary alicyclic amines) is 1. The highest BCUT2D eigenvalue weighted by Gasteiger charge is 2.24. The molecule has 1 atom stereocenters. The van der Waals surface area contributed by atoms with Gasteiger partial charge in [-0.05, 0) is 43.6 Å². The monoisotopic (exact) mass is 349 g/mol. The highest BCUT2D eigenvalue weighted by Crippen LogP contribution is 2.25. The molecule has 1 heterocycles. The summed E-state index contributed by atoms with van der Waals surface area (Å²) in [7, 11) is 0. The van der Waals surface area contributed by atoms with Crippen LogP contribution in [0.25, 0.3) is 0 Å². The second-order valence-electron chi connectivity index (χ2n) is 6.14. The van der Waals surface area contributed by atoms with Gasteiger partial charge in [0.05, 0.1) is 5.69 Å². The lowest BCUT2D eigenvalue weighted by atomic mass is 9.98. The molecule has 0 bridgehead atoms. The maximum atomic E-state index is 12.5. The van der Waals surface area contributed by atoms with E-state index in [4.69, 9.17) is 0 Å². The molecule has 1 aliphatic rings. The van der Waals surface area contributed by atoms with E-state index in [-0.39, 0.29) is 11.9 Å². The summed E-state index contributed by atoms with van der Waals surface area (Å²) in [6.45, 7) is 4.12. The lowest BCUT2D eigenvalue weighted by Gasteiger charge is -2.33. The normalized spacial score (nSPS) is 17.4. The number of anilines is 1. The highest BCUT2D eigenvalue weighted by atomic mass is 32.2. The van der Waals surface area contributed by atoms with Crippen molar-refractivity contribution < 1.29 is 9.59 Å². The Morgan fingerprint density at radius 1 is 1.33 bits per heavy atom. The maximum Gasteiger partial charge on any atom is 0.321 e. The van der Waals surface area contributed by atoms with Crippen LogP contribution in [0.2, 0.25) is 0 Å². The van der Waals surface area contributed by atoms with Gasteiger partial charge in [-0.15, -0.1) is 11.8 Å². The lowest BCUT2D eigenvalue weighted by Crippen LogP contribution is -2.45. The Labute approximate surface area is 148 Å². The number of carbonyl (C=O) groups excluding carboxylic acids is 2. The van der Waals surface area contributed by atoms with Crippen LogP contribution in [0, 0.1) is 5.92 Å². The molecule has 5 nitrogen and oxygen atoms in total. The first-order valence-corrected chi connectivity index (χ1v) is 9.82. The van der Waals surface area contributed by atoms with Gasteiger partial charge in [-0.3, -0.25) is 4.79 Å². The summed E-state index contributed by atoms with van der Waals surface area (Å²) < 4.78 is 0. The van der Waals surface area contributed by atoms with Gasteiger partial charge >= 0.3 is 6.03 Å². The molecule has 1 aliphatic heterocycles. The number of hydrogen-bond donors (Lipinski definition) is 2. The number of piperidine rings is 1. The molecule has 0 aliphatic carbocycles. The topological polar surface area (TPSA) is 61.4 Å². The molecular formula is C18H27N3O2S. The minimum atomic E-state index is -0.0546. The third-order valence-electron chi connectivity index (χ3n) is 4.22. The fraction of sp³-hybridized carbons (Fsp3) is 0.556. The summed E-state index contributed by atoms with van der Waals surface area (Å²) in [6, 6.07) is 7.77. The van der Waals surface area contributed by atoms with E-state index in [2.05, 4.69) is 10.6 Å². The Morgan fingerprint density at radius 3 is 2.88 bits per heavy atom. The summed E-state index contributed by atoms with van der Waals surface area (Å²) in [5.74, 6) is 0.439. The van der Waals surface area contributed by atoms with E-state index in [1.807, 2.05) is 42.3 Å². The Balaban J connectivity index is 1.87. The number of hydrogen-bond acceptors (Lipinski definition) is 3. The summed E-state index contributed by atoms with van der Waals surface area (Å²) >= 11 is 1.62. The molecule has 6 heteroatoms. The summed E-state index contributed by atoms with van der Waals surface area (Å²) in [6.07, 6.45) is 5.46. The molecule has 1 fully saturated rings. The van der Waals surface area contributed by atoms with Crippen LogP contribution in [-0.4, -0.2) is 42.7 Å². The SMILES string of the molecule is CCCC(=O)NC[C@@H]1CCCN(C(=O)Nc2ccccc2SC)C1. The standard InChI is InChI=1S/C18H27N3O2S/c1-3-7-17(22)19-12-14-8-6-11-21(13-14)18(23)20-15-9-4-5-10-16(15)24-2/h4-5,9-10,14H,3,6-8,11-13H2,1-2H3,(H,19,22)(H,20,23)/t14-/m0/s1. The van der Waals surface area contributed by atoms with Gasteiger partial charge in [-0.2, -0.15) is 0 Å². The number of rotatable bonds is 6. The Bertz CT molecular complexity index is 565. The maximum absolute atomic E-state index is 12.5. The van der Waals surface area contributed by atoms with Crippen LogP contribution in [0.15, 0.2) is 29.2 Å². The third kappa shape index (κ3) is 5.44. The number of thioether (sulfide) groups is 1. The van der Waals surface area contributed by atoms with E-state index < -0.39 is 0 Å². The van der Waals surface area contributed by atoms with Crippen LogP contribution < -0.4 is 10.6 Å². The van der Waals surface area contributed by atoms with E-state index in [1.54, 1.807) is 11.8 Å². The van der Waals surface area contributed by atoms with E-state index in [9.17, 15) is 9.59 Å². The van der Waals surface area contributed by atoms with Crippen LogP contribution in [0.4, 0.5) is 10.5 Å². The lowest BCUT2D eigenvalue weighted by molar-refractivity contribution is -0.121. The molecule has 2 N–H and O–H groups in total. The second-order valence-corrected chi connectivity index (χ2v) is 6.99. The van der Waals surface area contributed by atoms with Gasteiger partial charge in [-0.1, -0.05) is 19.1 Å². The van der Waals surface area contributed by atoms with Crippen molar-refractivity contribution in [1.29, 1.82) is 0 Å². The zero-order valence-corrected chi connectivity index (χ0v) is 15.3. The number of amides is 3. The highest BCUT2D eigenvalue weighted by molar-refractivity contribution is 7.98. The van der Waals surface area contributed by atoms with Gasteiger partial charge in [0.15, 0.2) is 0 Å². The fourth-order valence-corrected chi connectivity index (χ4v) is 3.49. The molecule has 1 aromatic rings.